The molecule has 0 saturated carbocycles. The summed E-state index contributed by atoms with van der Waals surface area (Å²) < 4.78 is 9.73. The number of amides is 1. The lowest BCUT2D eigenvalue weighted by molar-refractivity contribution is -0.168. The van der Waals surface area contributed by atoms with Crippen LogP contribution in [0.5, 0.6) is 0 Å². The summed E-state index contributed by atoms with van der Waals surface area (Å²) in [7, 11) is 0. The van der Waals surface area contributed by atoms with Gasteiger partial charge in [-0.1, -0.05) is 31.5 Å². The van der Waals surface area contributed by atoms with Crippen LogP contribution >= 0.6 is 11.6 Å². The molecule has 0 fully saturated rings. The van der Waals surface area contributed by atoms with Crippen molar-refractivity contribution in [3.63, 3.8) is 0 Å². The molecular weight excluding hydrogens is 326 g/mol. The van der Waals surface area contributed by atoms with Gasteiger partial charge in [-0.2, -0.15) is 0 Å². The molecule has 0 aliphatic carbocycles. The number of alkyl carbamates (subject to hydrolysis) is 1. The van der Waals surface area contributed by atoms with Crippen molar-refractivity contribution in [1.82, 2.24) is 5.32 Å². The van der Waals surface area contributed by atoms with Gasteiger partial charge in [0.05, 0.1) is 11.5 Å². The Morgan fingerprint density at radius 1 is 1.22 bits per heavy atom. The fourth-order valence-electron chi connectivity index (χ4n) is 1.59. The molecule has 0 spiro atoms. The summed E-state index contributed by atoms with van der Waals surface area (Å²) in [6, 6.07) is 4.30. The summed E-state index contributed by atoms with van der Waals surface area (Å²) in [6.45, 7) is 4.65. The second-order valence-electron chi connectivity index (χ2n) is 5.02. The third kappa shape index (κ3) is 6.15. The van der Waals surface area contributed by atoms with Crippen molar-refractivity contribution >= 4 is 29.6 Å². The van der Waals surface area contributed by atoms with Crippen LogP contribution in [0.4, 0.5) is 4.79 Å². The number of carbonyl (C=O) groups excluding carboxylic acids is 2. The lowest BCUT2D eigenvalue weighted by atomic mass is 10.1. The summed E-state index contributed by atoms with van der Waals surface area (Å²) in [6.07, 6.45) is -1.88. The lowest BCUT2D eigenvalue weighted by Crippen LogP contribution is -2.31. The highest BCUT2D eigenvalue weighted by molar-refractivity contribution is 6.30. The third-order valence-corrected chi connectivity index (χ3v) is 2.99. The molecule has 1 amide bonds. The van der Waals surface area contributed by atoms with Gasteiger partial charge in [0.2, 0.25) is 6.29 Å². The van der Waals surface area contributed by atoms with E-state index in [-0.39, 0.29) is 23.0 Å². The standard InChI is InChI=1S/C15H18ClNO6/c1-8(2)14(20)22-9(3)23-15(21)17-7-10-4-5-11(16)6-12(10)13(18)19/h4-6,8-9H,7H2,1-3H3,(H,17,21)(H,18,19)/t9-/m0/s1. The summed E-state index contributed by atoms with van der Waals surface area (Å²) in [4.78, 5) is 34.1. The number of nitrogens with one attached hydrogen (secondary N) is 1. The first-order valence-electron chi connectivity index (χ1n) is 6.87. The molecule has 2 N–H and O–H groups in total. The van der Waals surface area contributed by atoms with Crippen LogP contribution in [0.25, 0.3) is 0 Å². The molecule has 1 rings (SSSR count). The molecule has 1 aromatic rings. The van der Waals surface area contributed by atoms with Crippen LogP contribution in [0.3, 0.4) is 0 Å². The number of carbonyl (C=O) groups is 3. The van der Waals surface area contributed by atoms with Crippen molar-refractivity contribution in [1.29, 1.82) is 0 Å². The average molecular weight is 344 g/mol. The SMILES string of the molecule is CC(C)C(=O)O[C@H](C)OC(=O)NCc1ccc(Cl)cc1C(=O)O. The highest BCUT2D eigenvalue weighted by atomic mass is 35.5. The molecule has 0 aliphatic rings. The van der Waals surface area contributed by atoms with E-state index in [1.165, 1.54) is 25.1 Å². The minimum atomic E-state index is -1.16. The molecule has 1 aromatic carbocycles. The Bertz CT molecular complexity index is 602. The van der Waals surface area contributed by atoms with E-state index in [0.717, 1.165) is 0 Å². The normalized spacial score (nSPS) is 11.7. The fraction of sp³-hybridized carbons (Fsp3) is 0.400. The van der Waals surface area contributed by atoms with Gasteiger partial charge in [-0.3, -0.25) is 4.79 Å². The average Bonchev–Trinajstić information content (AvgIpc) is 2.45. The Balaban J connectivity index is 2.57. The van der Waals surface area contributed by atoms with Crippen molar-refractivity contribution in [2.24, 2.45) is 5.92 Å². The van der Waals surface area contributed by atoms with Gasteiger partial charge in [0.25, 0.3) is 0 Å². The Morgan fingerprint density at radius 3 is 2.43 bits per heavy atom. The first kappa shape index (κ1) is 18.8. The van der Waals surface area contributed by atoms with Crippen molar-refractivity contribution in [2.45, 2.75) is 33.6 Å². The molecule has 1 atom stereocenters. The van der Waals surface area contributed by atoms with Crippen molar-refractivity contribution in [2.75, 3.05) is 0 Å². The van der Waals surface area contributed by atoms with E-state index in [1.807, 2.05) is 0 Å². The summed E-state index contributed by atoms with van der Waals surface area (Å²) >= 11 is 5.74. The number of carboxylic acid groups (broad SMARTS) is 1. The van der Waals surface area contributed by atoms with Gasteiger partial charge in [-0.25, -0.2) is 9.59 Å². The van der Waals surface area contributed by atoms with E-state index in [4.69, 9.17) is 26.2 Å². The number of halogens is 1. The summed E-state index contributed by atoms with van der Waals surface area (Å²) in [5.41, 5.74) is 0.350. The Kier molecular flexibility index (Phi) is 6.84. The molecule has 0 bridgehead atoms. The zero-order valence-corrected chi connectivity index (χ0v) is 13.7. The number of benzene rings is 1. The Morgan fingerprint density at radius 2 is 1.87 bits per heavy atom. The fourth-order valence-corrected chi connectivity index (χ4v) is 1.76. The maximum absolute atomic E-state index is 11.6. The lowest BCUT2D eigenvalue weighted by Gasteiger charge is -2.16. The number of aromatic carboxylic acids is 1. The molecule has 0 saturated heterocycles. The predicted octanol–water partition coefficient (Wildman–Crippen LogP) is 2.81. The van der Waals surface area contributed by atoms with Crippen LogP contribution in [-0.4, -0.2) is 29.4 Å². The van der Waals surface area contributed by atoms with Crippen LogP contribution in [0.2, 0.25) is 5.02 Å². The van der Waals surface area contributed by atoms with E-state index in [1.54, 1.807) is 13.8 Å². The van der Waals surface area contributed by atoms with Crippen molar-refractivity contribution in [3.05, 3.63) is 34.3 Å². The molecule has 126 valence electrons. The Hall–Kier alpha value is -2.28. The van der Waals surface area contributed by atoms with E-state index in [0.29, 0.717) is 5.56 Å². The Labute approximate surface area is 138 Å². The van der Waals surface area contributed by atoms with Gasteiger partial charge in [-0.05, 0) is 17.7 Å². The molecule has 7 nitrogen and oxygen atoms in total. The van der Waals surface area contributed by atoms with Crippen LogP contribution in [-0.2, 0) is 20.8 Å². The summed E-state index contributed by atoms with van der Waals surface area (Å²) in [5.74, 6) is -1.98. The topological polar surface area (TPSA) is 102 Å². The molecule has 0 aliphatic heterocycles. The zero-order chi connectivity index (χ0) is 17.6. The van der Waals surface area contributed by atoms with E-state index in [9.17, 15) is 14.4 Å². The quantitative estimate of drug-likeness (QED) is 0.608. The first-order chi connectivity index (χ1) is 10.7. The molecule has 0 radical (unpaired) electrons. The van der Waals surface area contributed by atoms with E-state index < -0.39 is 24.3 Å². The summed E-state index contributed by atoms with van der Waals surface area (Å²) in [5, 5.41) is 11.8. The number of ether oxygens (including phenoxy) is 2. The van der Waals surface area contributed by atoms with Crippen molar-refractivity contribution < 1.29 is 29.0 Å². The third-order valence-electron chi connectivity index (χ3n) is 2.75. The molecule has 23 heavy (non-hydrogen) atoms. The number of carboxylic acids is 1. The van der Waals surface area contributed by atoms with E-state index >= 15 is 0 Å². The monoisotopic (exact) mass is 343 g/mol. The maximum atomic E-state index is 11.6. The van der Waals surface area contributed by atoms with Gasteiger partial charge in [0.15, 0.2) is 0 Å². The molecular formula is C15H18ClNO6. The molecule has 8 heteroatoms. The van der Waals surface area contributed by atoms with Crippen LogP contribution < -0.4 is 5.32 Å². The number of rotatable bonds is 6. The second kappa shape index (κ2) is 8.38. The minimum absolute atomic E-state index is 0.0166. The smallest absolute Gasteiger partial charge is 0.410 e. The van der Waals surface area contributed by atoms with Gasteiger partial charge >= 0.3 is 18.0 Å². The number of esters is 1. The zero-order valence-electron chi connectivity index (χ0n) is 13.0. The number of hydrogen-bond donors (Lipinski definition) is 2. The second-order valence-corrected chi connectivity index (χ2v) is 5.46. The highest BCUT2D eigenvalue weighted by Crippen LogP contribution is 2.16. The molecule has 0 aromatic heterocycles. The maximum Gasteiger partial charge on any atom is 0.410 e. The molecule has 0 heterocycles. The van der Waals surface area contributed by atoms with Gasteiger partial charge < -0.3 is 19.9 Å². The minimum Gasteiger partial charge on any atom is -0.478 e. The predicted molar refractivity (Wildman–Crippen MR) is 82.1 cm³/mol. The van der Waals surface area contributed by atoms with Gasteiger partial charge in [0, 0.05) is 18.5 Å². The van der Waals surface area contributed by atoms with Crippen LogP contribution in [0, 0.1) is 5.92 Å². The van der Waals surface area contributed by atoms with E-state index in [2.05, 4.69) is 5.32 Å². The first-order valence-corrected chi connectivity index (χ1v) is 7.25. The van der Waals surface area contributed by atoms with Crippen LogP contribution in [0.1, 0.15) is 36.7 Å². The van der Waals surface area contributed by atoms with Crippen molar-refractivity contribution in [3.8, 4) is 0 Å². The van der Waals surface area contributed by atoms with Gasteiger partial charge in [-0.15, -0.1) is 0 Å². The highest BCUT2D eigenvalue weighted by Gasteiger charge is 2.17. The largest absolute Gasteiger partial charge is 0.478 e. The molecule has 0 unspecified atom stereocenters. The van der Waals surface area contributed by atoms with Gasteiger partial charge in [0.1, 0.15) is 0 Å². The van der Waals surface area contributed by atoms with Crippen LogP contribution in [0.15, 0.2) is 18.2 Å². The number of hydrogen-bond acceptors (Lipinski definition) is 5.